The summed E-state index contributed by atoms with van der Waals surface area (Å²) in [6.07, 6.45) is 2.31. The first-order valence-electron chi connectivity index (χ1n) is 9.91. The van der Waals surface area contributed by atoms with Crippen molar-refractivity contribution in [3.05, 3.63) is 18.2 Å². The SMILES string of the molecule is CCCOc1ccc(NC(=O)C2(N)CC(OCC)C2(C)C)cc1OCCC. The van der Waals surface area contributed by atoms with Gasteiger partial charge in [-0.05, 0) is 31.9 Å². The van der Waals surface area contributed by atoms with E-state index in [0.29, 0.717) is 43.4 Å². The van der Waals surface area contributed by atoms with Gasteiger partial charge in [0.2, 0.25) is 5.91 Å². The highest BCUT2D eigenvalue weighted by molar-refractivity contribution is 6.00. The van der Waals surface area contributed by atoms with Crippen LogP contribution in [0.2, 0.25) is 0 Å². The van der Waals surface area contributed by atoms with Gasteiger partial charge < -0.3 is 25.3 Å². The molecule has 6 nitrogen and oxygen atoms in total. The van der Waals surface area contributed by atoms with Gasteiger partial charge in [-0.3, -0.25) is 4.79 Å². The van der Waals surface area contributed by atoms with E-state index in [1.807, 2.05) is 39.8 Å². The van der Waals surface area contributed by atoms with Crippen molar-refractivity contribution in [3.8, 4) is 11.5 Å². The molecule has 0 spiro atoms. The van der Waals surface area contributed by atoms with E-state index >= 15 is 0 Å². The van der Waals surface area contributed by atoms with Crippen molar-refractivity contribution in [2.24, 2.45) is 11.1 Å². The molecule has 0 radical (unpaired) electrons. The first kappa shape index (κ1) is 21.5. The van der Waals surface area contributed by atoms with Crippen molar-refractivity contribution >= 4 is 11.6 Å². The smallest absolute Gasteiger partial charge is 0.245 e. The van der Waals surface area contributed by atoms with E-state index in [2.05, 4.69) is 12.2 Å². The minimum absolute atomic E-state index is 0.00785. The predicted octanol–water partition coefficient (Wildman–Crippen LogP) is 3.74. The lowest BCUT2D eigenvalue weighted by atomic mass is 9.54. The fraction of sp³-hybridized carbons (Fsp3) is 0.667. The summed E-state index contributed by atoms with van der Waals surface area (Å²) in [5.41, 5.74) is 5.71. The molecule has 27 heavy (non-hydrogen) atoms. The van der Waals surface area contributed by atoms with E-state index in [0.717, 1.165) is 12.8 Å². The Labute approximate surface area is 162 Å². The van der Waals surface area contributed by atoms with E-state index < -0.39 is 11.0 Å². The summed E-state index contributed by atoms with van der Waals surface area (Å²) in [6.45, 7) is 11.8. The second-order valence-corrected chi connectivity index (χ2v) is 7.65. The van der Waals surface area contributed by atoms with E-state index in [1.54, 1.807) is 6.07 Å². The number of hydrogen-bond donors (Lipinski definition) is 2. The lowest BCUT2D eigenvalue weighted by molar-refractivity contribution is -0.166. The van der Waals surface area contributed by atoms with E-state index in [4.69, 9.17) is 19.9 Å². The molecule has 2 atom stereocenters. The fourth-order valence-corrected chi connectivity index (χ4v) is 3.31. The van der Waals surface area contributed by atoms with Gasteiger partial charge in [-0.25, -0.2) is 0 Å². The number of ether oxygens (including phenoxy) is 3. The van der Waals surface area contributed by atoms with Crippen molar-refractivity contribution in [3.63, 3.8) is 0 Å². The molecule has 0 heterocycles. The summed E-state index contributed by atoms with van der Waals surface area (Å²) in [4.78, 5) is 12.9. The Morgan fingerprint density at radius 2 is 1.78 bits per heavy atom. The molecule has 2 unspecified atom stereocenters. The molecule has 152 valence electrons. The molecule has 6 heteroatoms. The maximum absolute atomic E-state index is 12.9. The molecule has 0 bridgehead atoms. The number of benzene rings is 1. The van der Waals surface area contributed by atoms with Crippen LogP contribution in [0.15, 0.2) is 18.2 Å². The maximum Gasteiger partial charge on any atom is 0.245 e. The van der Waals surface area contributed by atoms with Gasteiger partial charge in [-0.1, -0.05) is 27.7 Å². The van der Waals surface area contributed by atoms with E-state index in [9.17, 15) is 4.79 Å². The largest absolute Gasteiger partial charge is 0.490 e. The minimum atomic E-state index is -0.964. The lowest BCUT2D eigenvalue weighted by Gasteiger charge is -2.57. The quantitative estimate of drug-likeness (QED) is 0.648. The third-order valence-corrected chi connectivity index (χ3v) is 5.36. The normalized spacial score (nSPS) is 23.4. The number of amides is 1. The van der Waals surface area contributed by atoms with E-state index in [-0.39, 0.29) is 12.0 Å². The van der Waals surface area contributed by atoms with Crippen molar-refractivity contribution in [1.29, 1.82) is 0 Å². The number of rotatable bonds is 10. The van der Waals surface area contributed by atoms with Gasteiger partial charge in [-0.15, -0.1) is 0 Å². The maximum atomic E-state index is 12.9. The van der Waals surface area contributed by atoms with Gasteiger partial charge in [0.05, 0.1) is 19.3 Å². The Balaban J connectivity index is 2.13. The summed E-state index contributed by atoms with van der Waals surface area (Å²) >= 11 is 0. The highest BCUT2D eigenvalue weighted by atomic mass is 16.5. The molecule has 0 saturated heterocycles. The molecule has 1 fully saturated rings. The molecule has 1 saturated carbocycles. The number of nitrogens with two attached hydrogens (primary N) is 1. The van der Waals surface area contributed by atoms with Crippen LogP contribution >= 0.6 is 0 Å². The Morgan fingerprint density at radius 3 is 2.33 bits per heavy atom. The van der Waals surface area contributed by atoms with Crippen molar-refractivity contribution < 1.29 is 19.0 Å². The van der Waals surface area contributed by atoms with Crippen LogP contribution in [-0.2, 0) is 9.53 Å². The molecule has 3 N–H and O–H groups in total. The zero-order valence-electron chi connectivity index (χ0n) is 17.3. The zero-order valence-corrected chi connectivity index (χ0v) is 17.3. The minimum Gasteiger partial charge on any atom is -0.490 e. The molecule has 0 aromatic heterocycles. The molecule has 1 aliphatic carbocycles. The van der Waals surface area contributed by atoms with Crippen LogP contribution < -0.4 is 20.5 Å². The molecule has 1 aliphatic rings. The number of carbonyl (C=O) groups is 1. The van der Waals surface area contributed by atoms with Gasteiger partial charge in [0.25, 0.3) is 0 Å². The molecular weight excluding hydrogens is 344 g/mol. The van der Waals surface area contributed by atoms with Crippen LogP contribution in [0, 0.1) is 5.41 Å². The van der Waals surface area contributed by atoms with E-state index in [1.165, 1.54) is 0 Å². The van der Waals surface area contributed by atoms with Crippen LogP contribution in [0.1, 0.15) is 53.9 Å². The summed E-state index contributed by atoms with van der Waals surface area (Å²) in [5, 5.41) is 2.95. The Kier molecular flexibility index (Phi) is 7.12. The first-order valence-corrected chi connectivity index (χ1v) is 9.91. The number of anilines is 1. The molecule has 1 aromatic carbocycles. The zero-order chi connectivity index (χ0) is 20.1. The number of hydrogen-bond acceptors (Lipinski definition) is 5. The van der Waals surface area contributed by atoms with Crippen molar-refractivity contribution in [2.45, 2.75) is 65.5 Å². The van der Waals surface area contributed by atoms with Crippen LogP contribution in [0.5, 0.6) is 11.5 Å². The Bertz CT molecular complexity index is 647. The summed E-state index contributed by atoms with van der Waals surface area (Å²) < 4.78 is 17.2. The molecule has 0 aliphatic heterocycles. The average Bonchev–Trinajstić information content (AvgIpc) is 2.65. The second kappa shape index (κ2) is 8.93. The summed E-state index contributed by atoms with van der Waals surface area (Å²) in [5.74, 6) is 1.12. The van der Waals surface area contributed by atoms with Gasteiger partial charge in [-0.2, -0.15) is 0 Å². The van der Waals surface area contributed by atoms with Crippen LogP contribution in [0.25, 0.3) is 0 Å². The number of carbonyl (C=O) groups excluding carboxylic acids is 1. The first-order chi connectivity index (χ1) is 12.8. The van der Waals surface area contributed by atoms with Gasteiger partial charge >= 0.3 is 0 Å². The third kappa shape index (κ3) is 4.38. The second-order valence-electron chi connectivity index (χ2n) is 7.65. The lowest BCUT2D eigenvalue weighted by Crippen LogP contribution is -2.74. The van der Waals surface area contributed by atoms with Crippen molar-refractivity contribution in [1.82, 2.24) is 0 Å². The highest BCUT2D eigenvalue weighted by Gasteiger charge is 2.62. The average molecular weight is 379 g/mol. The highest BCUT2D eigenvalue weighted by Crippen LogP contribution is 2.50. The molecular formula is C21H34N2O4. The van der Waals surface area contributed by atoms with Crippen molar-refractivity contribution in [2.75, 3.05) is 25.1 Å². The predicted molar refractivity (Wildman–Crippen MR) is 107 cm³/mol. The van der Waals surface area contributed by atoms with Crippen LogP contribution in [0.3, 0.4) is 0 Å². The molecule has 1 aromatic rings. The van der Waals surface area contributed by atoms with Crippen LogP contribution in [-0.4, -0.2) is 37.4 Å². The number of nitrogens with one attached hydrogen (secondary N) is 1. The summed E-state index contributed by atoms with van der Waals surface area (Å²) in [6, 6.07) is 5.44. The molecule has 1 amide bonds. The van der Waals surface area contributed by atoms with Gasteiger partial charge in [0.15, 0.2) is 11.5 Å². The monoisotopic (exact) mass is 378 g/mol. The van der Waals surface area contributed by atoms with Gasteiger partial charge in [0.1, 0.15) is 5.54 Å². The Hall–Kier alpha value is -1.79. The third-order valence-electron chi connectivity index (χ3n) is 5.36. The van der Waals surface area contributed by atoms with Gasteiger partial charge in [0, 0.05) is 30.2 Å². The van der Waals surface area contributed by atoms with Crippen LogP contribution in [0.4, 0.5) is 5.69 Å². The topological polar surface area (TPSA) is 82.8 Å². The fourth-order valence-electron chi connectivity index (χ4n) is 3.31. The molecule has 2 rings (SSSR count). The summed E-state index contributed by atoms with van der Waals surface area (Å²) in [7, 11) is 0. The Morgan fingerprint density at radius 1 is 1.15 bits per heavy atom. The standard InChI is InChI=1S/C21H34N2O4/c1-6-11-26-16-10-9-15(13-17(16)27-12-7-2)23-19(24)21(22)14-18(25-8-3)20(21,4)5/h9-10,13,18H,6-8,11-12,14,22H2,1-5H3,(H,23,24).